The summed E-state index contributed by atoms with van der Waals surface area (Å²) in [5.74, 6) is 0.182. The average molecular weight is 247 g/mol. The molecule has 0 unspecified atom stereocenters. The summed E-state index contributed by atoms with van der Waals surface area (Å²) in [5.41, 5.74) is -0.178. The Bertz CT molecular complexity index is 388. The highest BCUT2D eigenvalue weighted by Gasteiger charge is 2.19. The third kappa shape index (κ3) is 3.01. The Morgan fingerprint density at radius 3 is 2.94 bits per heavy atom. The summed E-state index contributed by atoms with van der Waals surface area (Å²) in [6, 6.07) is 0. The zero-order valence-corrected chi connectivity index (χ0v) is 9.64. The van der Waals surface area contributed by atoms with Crippen LogP contribution in [0, 0.1) is 10.1 Å². The molecule has 1 aromatic heterocycles. The highest BCUT2D eigenvalue weighted by Crippen LogP contribution is 2.24. The van der Waals surface area contributed by atoms with Gasteiger partial charge in [-0.1, -0.05) is 0 Å². The maximum Gasteiger partial charge on any atom is 0.329 e. The van der Waals surface area contributed by atoms with Crippen molar-refractivity contribution in [2.45, 2.75) is 0 Å². The summed E-state index contributed by atoms with van der Waals surface area (Å²) < 4.78 is 4.88. The lowest BCUT2D eigenvalue weighted by atomic mass is 10.4. The van der Waals surface area contributed by atoms with Crippen molar-refractivity contribution < 1.29 is 9.66 Å². The van der Waals surface area contributed by atoms with Crippen molar-refractivity contribution in [3.05, 3.63) is 21.6 Å². The van der Waals surface area contributed by atoms with Crippen LogP contribution >= 0.6 is 11.6 Å². The van der Waals surface area contributed by atoms with Gasteiger partial charge in [0, 0.05) is 20.7 Å². The van der Waals surface area contributed by atoms with Gasteiger partial charge < -0.3 is 9.64 Å². The van der Waals surface area contributed by atoms with Crippen LogP contribution in [-0.4, -0.2) is 42.2 Å². The van der Waals surface area contributed by atoms with E-state index in [0.717, 1.165) is 6.20 Å². The number of nitro groups is 1. The van der Waals surface area contributed by atoms with E-state index in [1.807, 2.05) is 0 Å². The molecule has 0 aliphatic heterocycles. The van der Waals surface area contributed by atoms with E-state index in [0.29, 0.717) is 13.2 Å². The van der Waals surface area contributed by atoms with Gasteiger partial charge in [0.25, 0.3) is 0 Å². The van der Waals surface area contributed by atoms with Gasteiger partial charge >= 0.3 is 5.69 Å². The number of methoxy groups -OCH3 is 1. The van der Waals surface area contributed by atoms with Crippen molar-refractivity contribution in [1.29, 1.82) is 0 Å². The van der Waals surface area contributed by atoms with E-state index in [2.05, 4.69) is 9.97 Å². The molecule has 0 atom stereocenters. The highest BCUT2D eigenvalue weighted by molar-refractivity contribution is 6.28. The number of hydrogen-bond acceptors (Lipinski definition) is 6. The Morgan fingerprint density at radius 2 is 2.38 bits per heavy atom. The van der Waals surface area contributed by atoms with Crippen LogP contribution in [0.2, 0.25) is 5.28 Å². The molecule has 0 fully saturated rings. The van der Waals surface area contributed by atoms with Crippen molar-refractivity contribution in [2.24, 2.45) is 0 Å². The van der Waals surface area contributed by atoms with Gasteiger partial charge in [-0.3, -0.25) is 10.1 Å². The second-order valence-corrected chi connectivity index (χ2v) is 3.36. The lowest BCUT2D eigenvalue weighted by Gasteiger charge is -2.16. The van der Waals surface area contributed by atoms with Gasteiger partial charge in [-0.15, -0.1) is 0 Å². The molecule has 1 heterocycles. The molecule has 0 N–H and O–H groups in total. The Hall–Kier alpha value is -1.47. The van der Waals surface area contributed by atoms with E-state index in [-0.39, 0.29) is 16.8 Å². The standard InChI is InChI=1S/C8H11ClN4O3/c1-12(3-4-16-2)7-6(13(14)15)5-10-8(9)11-7/h5H,3-4H2,1-2H3. The Labute approximate surface area is 97.2 Å². The second kappa shape index (κ2) is 5.57. The lowest BCUT2D eigenvalue weighted by molar-refractivity contribution is -0.384. The van der Waals surface area contributed by atoms with E-state index in [1.54, 1.807) is 19.1 Å². The van der Waals surface area contributed by atoms with E-state index in [4.69, 9.17) is 16.3 Å². The molecule has 88 valence electrons. The van der Waals surface area contributed by atoms with E-state index in [9.17, 15) is 10.1 Å². The minimum Gasteiger partial charge on any atom is -0.383 e. The summed E-state index contributed by atoms with van der Waals surface area (Å²) in [4.78, 5) is 19.2. The summed E-state index contributed by atoms with van der Waals surface area (Å²) in [7, 11) is 3.22. The van der Waals surface area contributed by atoms with Crippen molar-refractivity contribution in [3.8, 4) is 0 Å². The maximum absolute atomic E-state index is 10.7. The molecule has 0 radical (unpaired) electrons. The van der Waals surface area contributed by atoms with Gasteiger partial charge in [0.15, 0.2) is 0 Å². The molecule has 0 aromatic carbocycles. The minimum atomic E-state index is -0.547. The molecule has 0 spiro atoms. The van der Waals surface area contributed by atoms with Crippen molar-refractivity contribution >= 4 is 23.1 Å². The average Bonchev–Trinajstić information content (AvgIpc) is 2.25. The predicted molar refractivity (Wildman–Crippen MR) is 58.8 cm³/mol. The number of anilines is 1. The largest absolute Gasteiger partial charge is 0.383 e. The Kier molecular flexibility index (Phi) is 4.39. The number of aromatic nitrogens is 2. The number of halogens is 1. The minimum absolute atomic E-state index is 0.0233. The molecule has 1 rings (SSSR count). The number of ether oxygens (including phenoxy) is 1. The van der Waals surface area contributed by atoms with Crippen molar-refractivity contribution in [2.75, 3.05) is 32.2 Å². The predicted octanol–water partition coefficient (Wildman–Crippen LogP) is 1.12. The van der Waals surface area contributed by atoms with Gasteiger partial charge in [0.05, 0.1) is 11.5 Å². The summed E-state index contributed by atoms with van der Waals surface area (Å²) >= 11 is 5.60. The number of nitrogens with zero attached hydrogens (tertiary/aromatic N) is 4. The first-order valence-electron chi connectivity index (χ1n) is 4.43. The van der Waals surface area contributed by atoms with Gasteiger partial charge in [-0.25, -0.2) is 4.98 Å². The Morgan fingerprint density at radius 1 is 1.69 bits per heavy atom. The fraction of sp³-hybridized carbons (Fsp3) is 0.500. The smallest absolute Gasteiger partial charge is 0.329 e. The maximum atomic E-state index is 10.7. The van der Waals surface area contributed by atoms with Crippen LogP contribution in [0.15, 0.2) is 6.20 Å². The quantitative estimate of drug-likeness (QED) is 0.440. The lowest BCUT2D eigenvalue weighted by Crippen LogP contribution is -2.24. The van der Waals surface area contributed by atoms with Gasteiger partial charge in [-0.05, 0) is 11.6 Å². The van der Waals surface area contributed by atoms with Crippen LogP contribution in [0.1, 0.15) is 0 Å². The van der Waals surface area contributed by atoms with Crippen LogP contribution < -0.4 is 4.90 Å². The molecule has 1 aromatic rings. The molecule has 7 nitrogen and oxygen atoms in total. The number of likely N-dealkylation sites (N-methyl/N-ethyl adjacent to an activating group) is 1. The molecule has 0 bridgehead atoms. The Balaban J connectivity index is 2.99. The summed E-state index contributed by atoms with van der Waals surface area (Å²) in [5, 5.41) is 10.7. The van der Waals surface area contributed by atoms with Crippen LogP contribution in [0.25, 0.3) is 0 Å². The molecule has 8 heteroatoms. The monoisotopic (exact) mass is 246 g/mol. The SMILES string of the molecule is COCCN(C)c1nc(Cl)ncc1[N+](=O)[O-]. The van der Waals surface area contributed by atoms with Crippen LogP contribution in [-0.2, 0) is 4.74 Å². The van der Waals surface area contributed by atoms with Crippen molar-refractivity contribution in [1.82, 2.24) is 9.97 Å². The first-order valence-corrected chi connectivity index (χ1v) is 4.81. The normalized spacial score (nSPS) is 10.2. The fourth-order valence-electron chi connectivity index (χ4n) is 1.09. The zero-order chi connectivity index (χ0) is 12.1. The molecule has 0 aliphatic carbocycles. The van der Waals surface area contributed by atoms with Gasteiger partial charge in [-0.2, -0.15) is 4.98 Å². The van der Waals surface area contributed by atoms with Crippen LogP contribution in [0.3, 0.4) is 0 Å². The highest BCUT2D eigenvalue weighted by atomic mass is 35.5. The second-order valence-electron chi connectivity index (χ2n) is 3.02. The molecule has 0 saturated heterocycles. The first-order chi connectivity index (χ1) is 7.56. The number of rotatable bonds is 5. The van der Waals surface area contributed by atoms with Crippen LogP contribution in [0.4, 0.5) is 11.5 Å². The van der Waals surface area contributed by atoms with Gasteiger partial charge in [0.1, 0.15) is 6.20 Å². The number of hydrogen-bond donors (Lipinski definition) is 0. The van der Waals surface area contributed by atoms with Crippen LogP contribution in [0.5, 0.6) is 0 Å². The molecular formula is C8H11ClN4O3. The molecule has 0 amide bonds. The van der Waals surface area contributed by atoms with Crippen molar-refractivity contribution in [3.63, 3.8) is 0 Å². The molecule has 16 heavy (non-hydrogen) atoms. The molecule has 0 aliphatic rings. The molecular weight excluding hydrogens is 236 g/mol. The third-order valence-corrected chi connectivity index (χ3v) is 2.09. The van der Waals surface area contributed by atoms with Gasteiger partial charge in [0.2, 0.25) is 11.1 Å². The summed E-state index contributed by atoms with van der Waals surface area (Å²) in [6.45, 7) is 0.917. The summed E-state index contributed by atoms with van der Waals surface area (Å²) in [6.07, 6.45) is 1.09. The first kappa shape index (κ1) is 12.6. The van der Waals surface area contributed by atoms with E-state index in [1.165, 1.54) is 0 Å². The molecule has 0 saturated carbocycles. The van der Waals surface area contributed by atoms with E-state index < -0.39 is 4.92 Å². The van der Waals surface area contributed by atoms with E-state index >= 15 is 0 Å². The third-order valence-electron chi connectivity index (χ3n) is 1.91. The topological polar surface area (TPSA) is 81.4 Å². The fourth-order valence-corrected chi connectivity index (χ4v) is 1.22. The zero-order valence-electron chi connectivity index (χ0n) is 8.88.